The van der Waals surface area contributed by atoms with Crippen molar-refractivity contribution in [1.29, 1.82) is 0 Å². The smallest absolute Gasteiger partial charge is 0.269 e. The van der Waals surface area contributed by atoms with E-state index in [0.717, 1.165) is 17.7 Å². The van der Waals surface area contributed by atoms with Gasteiger partial charge < -0.3 is 0 Å². The summed E-state index contributed by atoms with van der Waals surface area (Å²) < 4.78 is 13.2. The minimum atomic E-state index is -0.396. The van der Waals surface area contributed by atoms with E-state index in [2.05, 4.69) is 4.90 Å². The number of nitro benzene ring substituents is 1. The standard InChI is InChI=1S/C16H17FN2O2/c1-2-18(11-13-5-3-7-15(17)9-13)12-14-6-4-8-16(10-14)19(20)21/h3-10H,2,11-12H2,1H3. The van der Waals surface area contributed by atoms with Crippen molar-refractivity contribution < 1.29 is 9.31 Å². The molecule has 0 aliphatic heterocycles. The average Bonchev–Trinajstić information content (AvgIpc) is 2.47. The van der Waals surface area contributed by atoms with Crippen LogP contribution in [0.25, 0.3) is 0 Å². The summed E-state index contributed by atoms with van der Waals surface area (Å²) in [6.45, 7) is 3.99. The van der Waals surface area contributed by atoms with Crippen LogP contribution in [-0.4, -0.2) is 16.4 Å². The Hall–Kier alpha value is -2.27. The van der Waals surface area contributed by atoms with E-state index in [1.165, 1.54) is 18.2 Å². The van der Waals surface area contributed by atoms with Gasteiger partial charge in [-0.25, -0.2) is 4.39 Å². The van der Waals surface area contributed by atoms with Crippen LogP contribution >= 0.6 is 0 Å². The van der Waals surface area contributed by atoms with E-state index in [1.807, 2.05) is 19.1 Å². The molecule has 0 saturated heterocycles. The highest BCUT2D eigenvalue weighted by atomic mass is 19.1. The number of halogens is 1. The molecule has 110 valence electrons. The Balaban J connectivity index is 2.08. The van der Waals surface area contributed by atoms with E-state index >= 15 is 0 Å². The molecule has 21 heavy (non-hydrogen) atoms. The van der Waals surface area contributed by atoms with Gasteiger partial charge >= 0.3 is 0 Å². The first-order valence-corrected chi connectivity index (χ1v) is 6.78. The summed E-state index contributed by atoms with van der Waals surface area (Å²) in [6, 6.07) is 13.1. The van der Waals surface area contributed by atoms with Crippen molar-refractivity contribution in [2.75, 3.05) is 6.54 Å². The molecular weight excluding hydrogens is 271 g/mol. The van der Waals surface area contributed by atoms with Crippen LogP contribution < -0.4 is 0 Å². The van der Waals surface area contributed by atoms with Crippen molar-refractivity contribution in [2.24, 2.45) is 0 Å². The van der Waals surface area contributed by atoms with Gasteiger partial charge in [-0.05, 0) is 29.8 Å². The van der Waals surface area contributed by atoms with Gasteiger partial charge in [0.05, 0.1) is 4.92 Å². The molecule has 2 aromatic rings. The molecule has 0 bridgehead atoms. The van der Waals surface area contributed by atoms with E-state index < -0.39 is 4.92 Å². The summed E-state index contributed by atoms with van der Waals surface area (Å²) in [5.74, 6) is -0.251. The fraction of sp³-hybridized carbons (Fsp3) is 0.250. The third kappa shape index (κ3) is 4.36. The van der Waals surface area contributed by atoms with Gasteiger partial charge in [0.25, 0.3) is 5.69 Å². The van der Waals surface area contributed by atoms with E-state index in [0.29, 0.717) is 13.1 Å². The summed E-state index contributed by atoms with van der Waals surface area (Å²) in [4.78, 5) is 12.5. The lowest BCUT2D eigenvalue weighted by atomic mass is 10.1. The van der Waals surface area contributed by atoms with Crippen molar-refractivity contribution in [2.45, 2.75) is 20.0 Å². The SMILES string of the molecule is CCN(Cc1cccc(F)c1)Cc1cccc([N+](=O)[O-])c1. The Kier molecular flexibility index (Phi) is 5.00. The van der Waals surface area contributed by atoms with Crippen LogP contribution in [0.5, 0.6) is 0 Å². The quantitative estimate of drug-likeness (QED) is 0.600. The lowest BCUT2D eigenvalue weighted by molar-refractivity contribution is -0.384. The van der Waals surface area contributed by atoms with Crippen LogP contribution in [0.3, 0.4) is 0 Å². The van der Waals surface area contributed by atoms with Gasteiger partial charge in [-0.15, -0.1) is 0 Å². The monoisotopic (exact) mass is 288 g/mol. The number of hydrogen-bond donors (Lipinski definition) is 0. The van der Waals surface area contributed by atoms with Crippen LogP contribution in [0.1, 0.15) is 18.1 Å². The van der Waals surface area contributed by atoms with Crippen molar-refractivity contribution in [3.8, 4) is 0 Å². The zero-order valence-electron chi connectivity index (χ0n) is 11.8. The molecule has 0 saturated carbocycles. The van der Waals surface area contributed by atoms with E-state index in [9.17, 15) is 14.5 Å². The van der Waals surface area contributed by atoms with E-state index in [4.69, 9.17) is 0 Å². The topological polar surface area (TPSA) is 46.4 Å². The molecule has 2 rings (SSSR count). The molecule has 2 aromatic carbocycles. The third-order valence-electron chi connectivity index (χ3n) is 3.27. The second-order valence-electron chi connectivity index (χ2n) is 4.86. The van der Waals surface area contributed by atoms with Crippen molar-refractivity contribution in [3.05, 3.63) is 75.6 Å². The van der Waals surface area contributed by atoms with E-state index in [1.54, 1.807) is 18.2 Å². The van der Waals surface area contributed by atoms with Gasteiger partial charge in [0.1, 0.15) is 5.82 Å². The fourth-order valence-corrected chi connectivity index (χ4v) is 2.20. The van der Waals surface area contributed by atoms with Crippen molar-refractivity contribution in [3.63, 3.8) is 0 Å². The lowest BCUT2D eigenvalue weighted by Crippen LogP contribution is -2.22. The lowest BCUT2D eigenvalue weighted by Gasteiger charge is -2.20. The summed E-state index contributed by atoms with van der Waals surface area (Å²) in [5.41, 5.74) is 1.86. The van der Waals surface area contributed by atoms with Gasteiger partial charge in [-0.3, -0.25) is 15.0 Å². The highest BCUT2D eigenvalue weighted by molar-refractivity contribution is 5.34. The number of nitro groups is 1. The zero-order chi connectivity index (χ0) is 15.2. The molecule has 0 N–H and O–H groups in total. The average molecular weight is 288 g/mol. The third-order valence-corrected chi connectivity index (χ3v) is 3.27. The Bertz CT molecular complexity index is 631. The first-order chi connectivity index (χ1) is 10.1. The predicted molar refractivity (Wildman–Crippen MR) is 79.3 cm³/mol. The van der Waals surface area contributed by atoms with Crippen molar-refractivity contribution in [1.82, 2.24) is 4.90 Å². The molecule has 0 fully saturated rings. The highest BCUT2D eigenvalue weighted by Crippen LogP contribution is 2.16. The Morgan fingerprint density at radius 1 is 1.10 bits per heavy atom. The molecule has 0 unspecified atom stereocenters. The molecule has 0 aliphatic carbocycles. The largest absolute Gasteiger partial charge is 0.295 e. The normalized spacial score (nSPS) is 10.8. The van der Waals surface area contributed by atoms with Gasteiger partial charge in [-0.2, -0.15) is 0 Å². The van der Waals surface area contributed by atoms with Crippen LogP contribution in [0.15, 0.2) is 48.5 Å². The molecule has 4 nitrogen and oxygen atoms in total. The fourth-order valence-electron chi connectivity index (χ4n) is 2.20. The number of rotatable bonds is 6. The second-order valence-corrected chi connectivity index (χ2v) is 4.86. The van der Waals surface area contributed by atoms with Gasteiger partial charge in [0, 0.05) is 25.2 Å². The minimum absolute atomic E-state index is 0.0920. The molecule has 0 heterocycles. The number of benzene rings is 2. The summed E-state index contributed by atoms with van der Waals surface area (Å²) in [6.07, 6.45) is 0. The van der Waals surface area contributed by atoms with Crippen LogP contribution in [0.2, 0.25) is 0 Å². The second kappa shape index (κ2) is 6.95. The van der Waals surface area contributed by atoms with E-state index in [-0.39, 0.29) is 11.5 Å². The van der Waals surface area contributed by atoms with Crippen LogP contribution in [0.4, 0.5) is 10.1 Å². The molecule has 0 spiro atoms. The van der Waals surface area contributed by atoms with Crippen LogP contribution in [-0.2, 0) is 13.1 Å². The first kappa shape index (κ1) is 15.1. The van der Waals surface area contributed by atoms with Gasteiger partial charge in [0.15, 0.2) is 0 Å². The van der Waals surface area contributed by atoms with Crippen molar-refractivity contribution >= 4 is 5.69 Å². The Morgan fingerprint density at radius 3 is 2.29 bits per heavy atom. The molecule has 0 aromatic heterocycles. The molecular formula is C16H17FN2O2. The predicted octanol–water partition coefficient (Wildman–Crippen LogP) is 3.76. The maximum atomic E-state index is 13.2. The highest BCUT2D eigenvalue weighted by Gasteiger charge is 2.09. The molecule has 0 atom stereocenters. The number of nitrogens with zero attached hydrogens (tertiary/aromatic N) is 2. The maximum Gasteiger partial charge on any atom is 0.269 e. The van der Waals surface area contributed by atoms with Gasteiger partial charge in [-0.1, -0.05) is 31.2 Å². The number of hydrogen-bond acceptors (Lipinski definition) is 3. The van der Waals surface area contributed by atoms with Crippen LogP contribution in [0, 0.1) is 15.9 Å². The Labute approximate surface area is 123 Å². The van der Waals surface area contributed by atoms with Gasteiger partial charge in [0.2, 0.25) is 0 Å². The minimum Gasteiger partial charge on any atom is -0.295 e. The molecule has 0 aliphatic rings. The molecule has 5 heteroatoms. The maximum absolute atomic E-state index is 13.2. The zero-order valence-corrected chi connectivity index (χ0v) is 11.8. The Morgan fingerprint density at radius 2 is 1.71 bits per heavy atom. The summed E-state index contributed by atoms with van der Waals surface area (Å²) in [7, 11) is 0. The summed E-state index contributed by atoms with van der Waals surface area (Å²) >= 11 is 0. The number of non-ortho nitro benzene ring substituents is 1. The summed E-state index contributed by atoms with van der Waals surface area (Å²) in [5, 5.41) is 10.8. The first-order valence-electron chi connectivity index (χ1n) is 6.78. The molecule has 0 amide bonds. The molecule has 0 radical (unpaired) electrons.